The first kappa shape index (κ1) is 23.5. The lowest BCUT2D eigenvalue weighted by atomic mass is 9.87. The van der Waals surface area contributed by atoms with E-state index in [0.717, 1.165) is 35.8 Å². The van der Waals surface area contributed by atoms with Gasteiger partial charge in [-0.3, -0.25) is 4.79 Å². The number of carbonyl (C=O) groups excluding carboxylic acids is 1. The first-order valence-corrected chi connectivity index (χ1v) is 12.0. The molecule has 1 fully saturated rings. The zero-order valence-electron chi connectivity index (χ0n) is 17.7. The summed E-state index contributed by atoms with van der Waals surface area (Å²) in [5.41, 5.74) is 0.174. The molecule has 1 aliphatic carbocycles. The Hall–Kier alpha value is -2.15. The van der Waals surface area contributed by atoms with Gasteiger partial charge in [-0.2, -0.15) is 9.62 Å². The maximum atomic E-state index is 14.9. The molecule has 2 aromatic rings. The number of halogens is 2. The van der Waals surface area contributed by atoms with Gasteiger partial charge in [0.25, 0.3) is 5.91 Å². The third-order valence-electron chi connectivity index (χ3n) is 5.14. The van der Waals surface area contributed by atoms with Crippen LogP contribution in [0.2, 0.25) is 0 Å². The van der Waals surface area contributed by atoms with Gasteiger partial charge in [-0.05, 0) is 67.3 Å². The largest absolute Gasteiger partial charge is 0.385 e. The van der Waals surface area contributed by atoms with Crippen LogP contribution in [0.4, 0.5) is 8.78 Å². The fourth-order valence-corrected chi connectivity index (χ4v) is 5.62. The molecule has 1 aromatic carbocycles. The molecular formula is C22H24F2N2O3S2. The van der Waals surface area contributed by atoms with Crippen LogP contribution in [0.5, 0.6) is 0 Å². The van der Waals surface area contributed by atoms with Crippen LogP contribution in [0.1, 0.15) is 79.5 Å². The second-order valence-corrected chi connectivity index (χ2v) is 11.1. The number of carbonyl (C=O) groups is 1. The van der Waals surface area contributed by atoms with E-state index in [0.29, 0.717) is 11.1 Å². The van der Waals surface area contributed by atoms with Gasteiger partial charge in [0.15, 0.2) is 5.82 Å². The Morgan fingerprint density at radius 2 is 2.03 bits per heavy atom. The molecule has 1 atom stereocenters. The van der Waals surface area contributed by atoms with E-state index in [9.17, 15) is 28.2 Å². The van der Waals surface area contributed by atoms with Crippen molar-refractivity contribution in [2.45, 2.75) is 68.6 Å². The molecule has 1 amide bonds. The summed E-state index contributed by atoms with van der Waals surface area (Å²) in [4.78, 5) is 12.9. The molecule has 9 heteroatoms. The summed E-state index contributed by atoms with van der Waals surface area (Å²) in [6.45, 7) is 6.51. The van der Waals surface area contributed by atoms with Crippen molar-refractivity contribution in [2.24, 2.45) is 4.36 Å². The Bertz CT molecular complexity index is 1160. The molecule has 1 aliphatic rings. The van der Waals surface area contributed by atoms with Crippen molar-refractivity contribution in [3.05, 3.63) is 50.9 Å². The quantitative estimate of drug-likeness (QED) is 0.592. The van der Waals surface area contributed by atoms with Crippen LogP contribution < -0.4 is 0 Å². The van der Waals surface area contributed by atoms with E-state index >= 15 is 0 Å². The SMILES string of the molecule is CC(C)c1c(F)c(C#N)cc(C2CC2)c1CC(=O)N=[SH](=O)c1sc(C(C)(C)O)cc1F. The van der Waals surface area contributed by atoms with Crippen molar-refractivity contribution in [1.82, 2.24) is 0 Å². The van der Waals surface area contributed by atoms with Crippen molar-refractivity contribution in [2.75, 3.05) is 0 Å². The fourth-order valence-electron chi connectivity index (χ4n) is 3.50. The zero-order valence-corrected chi connectivity index (χ0v) is 19.4. The maximum absolute atomic E-state index is 14.9. The molecule has 0 bridgehead atoms. The Morgan fingerprint density at radius 1 is 1.39 bits per heavy atom. The van der Waals surface area contributed by atoms with Crippen LogP contribution in [0.3, 0.4) is 0 Å². The summed E-state index contributed by atoms with van der Waals surface area (Å²) >= 11 is 0.806. The maximum Gasteiger partial charge on any atom is 0.258 e. The Balaban J connectivity index is 1.99. The van der Waals surface area contributed by atoms with Gasteiger partial charge >= 0.3 is 0 Å². The van der Waals surface area contributed by atoms with Gasteiger partial charge in [0, 0.05) is 4.88 Å². The minimum Gasteiger partial charge on any atom is -0.385 e. The average Bonchev–Trinajstić information content (AvgIpc) is 3.41. The minimum atomic E-state index is -2.70. The highest BCUT2D eigenvalue weighted by atomic mass is 32.2. The molecule has 0 aliphatic heterocycles. The second-order valence-electron chi connectivity index (χ2n) is 8.53. The number of amides is 1. The number of aliphatic hydroxyl groups is 1. The summed E-state index contributed by atoms with van der Waals surface area (Å²) in [6.07, 6.45) is 1.51. The predicted octanol–water partition coefficient (Wildman–Crippen LogP) is 4.92. The number of hydrogen-bond acceptors (Lipinski definition) is 5. The van der Waals surface area contributed by atoms with E-state index in [2.05, 4.69) is 4.36 Å². The Kier molecular flexibility index (Phi) is 6.65. The number of nitrogens with zero attached hydrogens (tertiary/aromatic N) is 2. The molecule has 0 saturated heterocycles. The van der Waals surface area contributed by atoms with Gasteiger partial charge in [-0.25, -0.2) is 13.0 Å². The molecule has 3 rings (SSSR count). The highest BCUT2D eigenvalue weighted by Gasteiger charge is 2.31. The van der Waals surface area contributed by atoms with E-state index in [1.165, 1.54) is 19.9 Å². The lowest BCUT2D eigenvalue weighted by Crippen LogP contribution is -2.12. The van der Waals surface area contributed by atoms with Crippen LogP contribution in [-0.2, 0) is 27.4 Å². The molecule has 166 valence electrons. The van der Waals surface area contributed by atoms with E-state index < -0.39 is 33.7 Å². The predicted molar refractivity (Wildman–Crippen MR) is 116 cm³/mol. The smallest absolute Gasteiger partial charge is 0.258 e. The lowest BCUT2D eigenvalue weighted by Gasteiger charge is -2.18. The fraction of sp³-hybridized carbons (Fsp3) is 0.455. The van der Waals surface area contributed by atoms with E-state index in [4.69, 9.17) is 0 Å². The van der Waals surface area contributed by atoms with Crippen molar-refractivity contribution < 1.29 is 22.9 Å². The molecule has 5 nitrogen and oxygen atoms in total. The Morgan fingerprint density at radius 3 is 2.52 bits per heavy atom. The van der Waals surface area contributed by atoms with Gasteiger partial charge < -0.3 is 5.11 Å². The van der Waals surface area contributed by atoms with Crippen molar-refractivity contribution in [3.8, 4) is 6.07 Å². The highest BCUT2D eigenvalue weighted by molar-refractivity contribution is 7.78. The topological polar surface area (TPSA) is 90.5 Å². The third-order valence-corrected chi connectivity index (χ3v) is 8.07. The van der Waals surface area contributed by atoms with Gasteiger partial charge in [0.1, 0.15) is 16.1 Å². The summed E-state index contributed by atoms with van der Waals surface area (Å²) in [5, 5.41) is 19.3. The normalized spacial score (nSPS) is 15.3. The zero-order chi connectivity index (χ0) is 23.1. The molecule has 0 radical (unpaired) electrons. The van der Waals surface area contributed by atoms with Crippen molar-refractivity contribution in [1.29, 1.82) is 5.26 Å². The number of hydrogen-bond donors (Lipinski definition) is 2. The summed E-state index contributed by atoms with van der Waals surface area (Å²) in [6, 6.07) is 4.46. The minimum absolute atomic E-state index is 0.0513. The molecule has 1 heterocycles. The van der Waals surface area contributed by atoms with Crippen LogP contribution >= 0.6 is 11.3 Å². The number of nitriles is 1. The van der Waals surface area contributed by atoms with Crippen LogP contribution in [-0.4, -0.2) is 15.2 Å². The summed E-state index contributed by atoms with van der Waals surface area (Å²) in [5.74, 6) is -2.29. The monoisotopic (exact) mass is 466 g/mol. The first-order chi connectivity index (χ1) is 14.4. The number of thiophene rings is 1. The summed E-state index contributed by atoms with van der Waals surface area (Å²) in [7, 11) is -2.70. The first-order valence-electron chi connectivity index (χ1n) is 9.93. The van der Waals surface area contributed by atoms with Gasteiger partial charge in [0.05, 0.1) is 28.2 Å². The van der Waals surface area contributed by atoms with E-state index in [-0.39, 0.29) is 32.9 Å². The third kappa shape index (κ3) is 5.03. The molecule has 1 saturated carbocycles. The van der Waals surface area contributed by atoms with E-state index in [1.54, 1.807) is 13.8 Å². The molecular weight excluding hydrogens is 442 g/mol. The van der Waals surface area contributed by atoms with Crippen LogP contribution in [0.25, 0.3) is 0 Å². The molecule has 1 unspecified atom stereocenters. The van der Waals surface area contributed by atoms with Gasteiger partial charge in [-0.15, -0.1) is 11.3 Å². The van der Waals surface area contributed by atoms with E-state index in [1.807, 2.05) is 6.07 Å². The van der Waals surface area contributed by atoms with Crippen molar-refractivity contribution in [3.63, 3.8) is 0 Å². The lowest BCUT2D eigenvalue weighted by molar-refractivity contribution is -0.117. The highest BCUT2D eigenvalue weighted by Crippen LogP contribution is 2.44. The number of thiol groups is 1. The number of rotatable bonds is 6. The number of benzene rings is 1. The average molecular weight is 467 g/mol. The molecule has 0 spiro atoms. The Labute approximate surface area is 185 Å². The van der Waals surface area contributed by atoms with Crippen molar-refractivity contribution >= 4 is 27.8 Å². The van der Waals surface area contributed by atoms with Gasteiger partial charge in [-0.1, -0.05) is 13.8 Å². The standard InChI is InChI=1S/C22H24F2N2O3S2/c1-11(2)19-15(14(12-5-6-12)7-13(10-25)20(19)24)8-18(27)26-31(29)21-16(23)9-17(30-21)22(3,4)28/h7,9,11-12,28,31H,5-6,8H2,1-4H3. The van der Waals surface area contributed by atoms with Crippen LogP contribution in [0.15, 0.2) is 20.7 Å². The molecule has 1 N–H and O–H groups in total. The summed E-state index contributed by atoms with van der Waals surface area (Å²) < 4.78 is 45.1. The van der Waals surface area contributed by atoms with Gasteiger partial charge in [0.2, 0.25) is 0 Å². The second kappa shape index (κ2) is 8.77. The van der Waals surface area contributed by atoms with Crippen LogP contribution in [0, 0.1) is 23.0 Å². The molecule has 31 heavy (non-hydrogen) atoms. The molecule has 1 aromatic heterocycles.